The Bertz CT molecular complexity index is 1140. The second-order valence-corrected chi connectivity index (χ2v) is 11.5. The molecular weight excluding hydrogens is 468 g/mol. The average Bonchev–Trinajstić information content (AvgIpc) is 3.40. The van der Waals surface area contributed by atoms with E-state index in [4.69, 9.17) is 18.5 Å². The van der Waals surface area contributed by atoms with Crippen LogP contribution < -0.4 is 0 Å². The molecule has 0 bridgehead atoms. The van der Waals surface area contributed by atoms with Crippen LogP contribution in [0.25, 0.3) is 11.5 Å². The third-order valence-electron chi connectivity index (χ3n) is 6.31. The quantitative estimate of drug-likeness (QED) is 0.178. The molecule has 1 aliphatic carbocycles. The second-order valence-electron chi connectivity index (χ2n) is 11.5. The van der Waals surface area contributed by atoms with Crippen LogP contribution in [0.15, 0.2) is 45.4 Å². The Labute approximate surface area is 219 Å². The molecule has 7 heteroatoms. The number of esters is 1. The van der Waals surface area contributed by atoms with Crippen molar-refractivity contribution < 1.29 is 23.3 Å². The van der Waals surface area contributed by atoms with Crippen molar-refractivity contribution in [2.45, 2.75) is 97.2 Å². The van der Waals surface area contributed by atoms with E-state index in [-0.39, 0.29) is 18.3 Å². The Morgan fingerprint density at radius 1 is 1.11 bits per heavy atom. The first-order valence-corrected chi connectivity index (χ1v) is 13.5. The molecule has 3 aromatic rings. The fourth-order valence-electron chi connectivity index (χ4n) is 4.60. The molecule has 0 spiro atoms. The molecule has 7 nitrogen and oxygen atoms in total. The number of hydrogen-bond acceptors (Lipinski definition) is 7. The standard InChI is InChI=1S/C30H40N2O5/c1-20(2)16-24-18-25(36-31-24)29-27(22-13-14-22)28(32-37-29)23(17-26(33)35-30(3,4)5)12-9-15-34-19-21-10-7-6-8-11-21/h6-8,10-11,18,20,22-23H,9,12-17,19H2,1-5H3/t23-/m0/s1. The number of benzene rings is 1. The first kappa shape index (κ1) is 27.1. The van der Waals surface area contributed by atoms with Crippen LogP contribution in [-0.4, -0.2) is 28.5 Å². The van der Waals surface area contributed by atoms with Crippen LogP contribution in [0.1, 0.15) is 101 Å². The van der Waals surface area contributed by atoms with Crippen LogP contribution in [0.4, 0.5) is 0 Å². The zero-order valence-corrected chi connectivity index (χ0v) is 22.8. The minimum atomic E-state index is -0.540. The number of rotatable bonds is 13. The van der Waals surface area contributed by atoms with Crippen molar-refractivity contribution in [1.29, 1.82) is 0 Å². The summed E-state index contributed by atoms with van der Waals surface area (Å²) >= 11 is 0. The van der Waals surface area contributed by atoms with Gasteiger partial charge in [-0.3, -0.25) is 4.79 Å². The third-order valence-corrected chi connectivity index (χ3v) is 6.31. The number of carbonyl (C=O) groups excluding carboxylic acids is 1. The molecule has 1 fully saturated rings. The van der Waals surface area contributed by atoms with Crippen LogP contribution in [0, 0.1) is 5.92 Å². The Morgan fingerprint density at radius 3 is 2.54 bits per heavy atom. The maximum atomic E-state index is 12.9. The van der Waals surface area contributed by atoms with E-state index in [2.05, 4.69) is 36.3 Å². The molecule has 0 aliphatic heterocycles. The summed E-state index contributed by atoms with van der Waals surface area (Å²) in [5, 5.41) is 8.75. The lowest BCUT2D eigenvalue weighted by Crippen LogP contribution is -2.25. The van der Waals surface area contributed by atoms with Crippen LogP contribution in [0.3, 0.4) is 0 Å². The highest BCUT2D eigenvalue weighted by atomic mass is 16.6. The zero-order valence-electron chi connectivity index (χ0n) is 22.8. The van der Waals surface area contributed by atoms with Crippen molar-refractivity contribution in [3.63, 3.8) is 0 Å². The Morgan fingerprint density at radius 2 is 1.86 bits per heavy atom. The van der Waals surface area contributed by atoms with E-state index in [1.165, 1.54) is 0 Å². The van der Waals surface area contributed by atoms with Gasteiger partial charge in [-0.15, -0.1) is 0 Å². The molecule has 2 aromatic heterocycles. The van der Waals surface area contributed by atoms with E-state index in [0.29, 0.717) is 36.6 Å². The summed E-state index contributed by atoms with van der Waals surface area (Å²) in [7, 11) is 0. The van der Waals surface area contributed by atoms with Crippen molar-refractivity contribution >= 4 is 5.97 Å². The van der Waals surface area contributed by atoms with E-state index in [0.717, 1.165) is 54.6 Å². The highest BCUT2D eigenvalue weighted by Crippen LogP contribution is 2.49. The Hall–Kier alpha value is -2.93. The molecular formula is C30H40N2O5. The van der Waals surface area contributed by atoms with Crippen LogP contribution >= 0.6 is 0 Å². The van der Waals surface area contributed by atoms with Gasteiger partial charge in [0.25, 0.3) is 0 Å². The molecule has 1 saturated carbocycles. The lowest BCUT2D eigenvalue weighted by molar-refractivity contribution is -0.155. The summed E-state index contributed by atoms with van der Waals surface area (Å²) in [6, 6.07) is 12.1. The smallest absolute Gasteiger partial charge is 0.306 e. The first-order chi connectivity index (χ1) is 17.7. The van der Waals surface area contributed by atoms with Crippen molar-refractivity contribution in [1.82, 2.24) is 10.3 Å². The lowest BCUT2D eigenvalue weighted by atomic mass is 9.90. The molecule has 0 amide bonds. The molecule has 2 heterocycles. The van der Waals surface area contributed by atoms with Crippen molar-refractivity contribution in [2.75, 3.05) is 6.61 Å². The van der Waals surface area contributed by atoms with E-state index in [9.17, 15) is 4.79 Å². The summed E-state index contributed by atoms with van der Waals surface area (Å²) in [6.45, 7) is 11.1. The van der Waals surface area contributed by atoms with Gasteiger partial charge in [0.1, 0.15) is 5.60 Å². The third kappa shape index (κ3) is 8.03. The van der Waals surface area contributed by atoms with Gasteiger partial charge in [0.15, 0.2) is 0 Å². The molecule has 0 N–H and O–H groups in total. The van der Waals surface area contributed by atoms with Crippen LogP contribution in [-0.2, 0) is 27.3 Å². The van der Waals surface area contributed by atoms with Gasteiger partial charge in [-0.25, -0.2) is 0 Å². The number of hydrogen-bond donors (Lipinski definition) is 0. The normalized spacial score (nSPS) is 14.8. The van der Waals surface area contributed by atoms with E-state index in [1.807, 2.05) is 45.0 Å². The van der Waals surface area contributed by atoms with Crippen molar-refractivity contribution in [3.8, 4) is 11.5 Å². The minimum Gasteiger partial charge on any atom is -0.460 e. The van der Waals surface area contributed by atoms with E-state index in [1.54, 1.807) is 0 Å². The molecule has 0 unspecified atom stereocenters. The molecule has 0 radical (unpaired) electrons. The minimum absolute atomic E-state index is 0.124. The first-order valence-electron chi connectivity index (χ1n) is 13.5. The molecule has 1 aliphatic rings. The van der Waals surface area contributed by atoms with Gasteiger partial charge in [0.05, 0.1) is 24.4 Å². The molecule has 1 aromatic carbocycles. The maximum absolute atomic E-state index is 12.9. The van der Waals surface area contributed by atoms with Gasteiger partial charge in [-0.1, -0.05) is 54.5 Å². The Balaban J connectivity index is 1.50. The molecule has 200 valence electrons. The topological polar surface area (TPSA) is 87.6 Å². The summed E-state index contributed by atoms with van der Waals surface area (Å²) in [5.74, 6) is 1.75. The SMILES string of the molecule is CC(C)Cc1cc(-c2onc([C@@H](CCCOCc3ccccc3)CC(=O)OC(C)(C)C)c2C2CC2)on1. The van der Waals surface area contributed by atoms with Gasteiger partial charge >= 0.3 is 5.97 Å². The summed E-state index contributed by atoms with van der Waals surface area (Å²) < 4.78 is 23.1. The van der Waals surface area contributed by atoms with Gasteiger partial charge in [0.2, 0.25) is 11.5 Å². The fourth-order valence-corrected chi connectivity index (χ4v) is 4.60. The van der Waals surface area contributed by atoms with Gasteiger partial charge < -0.3 is 18.5 Å². The molecule has 4 rings (SSSR count). The molecule has 0 saturated heterocycles. The maximum Gasteiger partial charge on any atom is 0.306 e. The van der Waals surface area contributed by atoms with Crippen LogP contribution in [0.5, 0.6) is 0 Å². The van der Waals surface area contributed by atoms with Gasteiger partial charge in [-0.2, -0.15) is 0 Å². The van der Waals surface area contributed by atoms with Crippen molar-refractivity contribution in [3.05, 3.63) is 58.9 Å². The second kappa shape index (κ2) is 12.1. The number of ether oxygens (including phenoxy) is 2. The number of nitrogens with zero attached hydrogens (tertiary/aromatic N) is 2. The largest absolute Gasteiger partial charge is 0.460 e. The molecule has 37 heavy (non-hydrogen) atoms. The Kier molecular flexibility index (Phi) is 8.85. The number of aromatic nitrogens is 2. The summed E-state index contributed by atoms with van der Waals surface area (Å²) in [5.41, 5.74) is 3.42. The highest BCUT2D eigenvalue weighted by molar-refractivity contribution is 5.71. The fraction of sp³-hybridized carbons (Fsp3) is 0.567. The monoisotopic (exact) mass is 508 g/mol. The highest BCUT2D eigenvalue weighted by Gasteiger charge is 2.37. The summed E-state index contributed by atoms with van der Waals surface area (Å²) in [4.78, 5) is 12.9. The molecule has 1 atom stereocenters. The predicted molar refractivity (Wildman–Crippen MR) is 141 cm³/mol. The van der Waals surface area contributed by atoms with Gasteiger partial charge in [0, 0.05) is 24.2 Å². The van der Waals surface area contributed by atoms with Crippen LogP contribution in [0.2, 0.25) is 0 Å². The van der Waals surface area contributed by atoms with E-state index < -0.39 is 5.60 Å². The summed E-state index contributed by atoms with van der Waals surface area (Å²) in [6.07, 6.45) is 4.79. The average molecular weight is 509 g/mol. The zero-order chi connectivity index (χ0) is 26.4. The number of carbonyl (C=O) groups is 1. The van der Waals surface area contributed by atoms with Crippen molar-refractivity contribution in [2.24, 2.45) is 5.92 Å². The van der Waals surface area contributed by atoms with E-state index >= 15 is 0 Å². The lowest BCUT2D eigenvalue weighted by Gasteiger charge is -2.22. The predicted octanol–water partition coefficient (Wildman–Crippen LogP) is 7.22. The van der Waals surface area contributed by atoms with Gasteiger partial charge in [-0.05, 0) is 70.3 Å².